The van der Waals surface area contributed by atoms with Crippen LogP contribution in [-0.4, -0.2) is 37.1 Å². The minimum atomic E-state index is -0.437. The van der Waals surface area contributed by atoms with Crippen LogP contribution in [0.15, 0.2) is 0 Å². The van der Waals surface area contributed by atoms with Gasteiger partial charge in [0.2, 0.25) is 5.91 Å². The predicted molar refractivity (Wildman–Crippen MR) is 75.8 cm³/mol. The molecule has 5 nitrogen and oxygen atoms in total. The zero-order valence-electron chi connectivity index (χ0n) is 12.8. The third-order valence-electron chi connectivity index (χ3n) is 2.16. The second-order valence-corrected chi connectivity index (χ2v) is 6.03. The maximum Gasteiger partial charge on any atom is 0.307 e. The van der Waals surface area contributed by atoms with Gasteiger partial charge in [0.25, 0.3) is 0 Å². The number of hydrogen-bond donors (Lipinski definition) is 2. The van der Waals surface area contributed by atoms with Crippen LogP contribution < -0.4 is 10.6 Å². The fraction of sp³-hybridized carbons (Fsp3) is 0.857. The quantitative estimate of drug-likeness (QED) is 0.519. The van der Waals surface area contributed by atoms with E-state index >= 15 is 0 Å². The van der Waals surface area contributed by atoms with Crippen molar-refractivity contribution in [3.05, 3.63) is 0 Å². The molecular formula is C14H28N2O3. The van der Waals surface area contributed by atoms with E-state index in [0.717, 1.165) is 0 Å². The van der Waals surface area contributed by atoms with E-state index in [4.69, 9.17) is 4.74 Å². The lowest BCUT2D eigenvalue weighted by Crippen LogP contribution is -2.31. The second kappa shape index (κ2) is 8.91. The fourth-order valence-electron chi connectivity index (χ4n) is 1.32. The van der Waals surface area contributed by atoms with E-state index in [9.17, 15) is 9.59 Å². The van der Waals surface area contributed by atoms with Crippen LogP contribution in [0.5, 0.6) is 0 Å². The SMILES string of the molecule is CC(C)CNC(=O)CCNCCC(=O)OC(C)(C)C. The first kappa shape index (κ1) is 17.9. The molecule has 2 N–H and O–H groups in total. The molecule has 19 heavy (non-hydrogen) atoms. The van der Waals surface area contributed by atoms with E-state index in [0.29, 0.717) is 38.4 Å². The molecule has 0 bridgehead atoms. The summed E-state index contributed by atoms with van der Waals surface area (Å²) in [6.45, 7) is 11.5. The molecular weight excluding hydrogens is 244 g/mol. The molecule has 0 aliphatic rings. The Bertz CT molecular complexity index is 283. The highest BCUT2D eigenvalue weighted by atomic mass is 16.6. The molecule has 0 saturated carbocycles. The number of carbonyl (C=O) groups excluding carboxylic acids is 2. The summed E-state index contributed by atoms with van der Waals surface area (Å²) in [5, 5.41) is 5.90. The number of ether oxygens (including phenoxy) is 1. The van der Waals surface area contributed by atoms with Gasteiger partial charge in [-0.15, -0.1) is 0 Å². The second-order valence-electron chi connectivity index (χ2n) is 6.03. The molecule has 5 heteroatoms. The lowest BCUT2D eigenvalue weighted by atomic mass is 10.2. The zero-order chi connectivity index (χ0) is 14.9. The van der Waals surface area contributed by atoms with Crippen LogP contribution in [0.2, 0.25) is 0 Å². The first-order valence-corrected chi connectivity index (χ1v) is 6.90. The molecule has 0 aromatic rings. The Morgan fingerprint density at radius 1 is 1.11 bits per heavy atom. The van der Waals surface area contributed by atoms with E-state index < -0.39 is 5.60 Å². The van der Waals surface area contributed by atoms with E-state index in [2.05, 4.69) is 24.5 Å². The van der Waals surface area contributed by atoms with Crippen LogP contribution >= 0.6 is 0 Å². The lowest BCUT2D eigenvalue weighted by Gasteiger charge is -2.19. The van der Waals surface area contributed by atoms with Gasteiger partial charge in [-0.25, -0.2) is 0 Å². The van der Waals surface area contributed by atoms with Crippen molar-refractivity contribution < 1.29 is 14.3 Å². The maximum absolute atomic E-state index is 11.4. The van der Waals surface area contributed by atoms with E-state index in [-0.39, 0.29) is 11.9 Å². The van der Waals surface area contributed by atoms with Crippen molar-refractivity contribution >= 4 is 11.9 Å². The Hall–Kier alpha value is -1.10. The highest BCUT2D eigenvalue weighted by molar-refractivity contribution is 5.76. The van der Waals surface area contributed by atoms with Crippen LogP contribution in [0.25, 0.3) is 0 Å². The molecule has 0 radical (unpaired) electrons. The van der Waals surface area contributed by atoms with Crippen LogP contribution in [0, 0.1) is 5.92 Å². The summed E-state index contributed by atoms with van der Waals surface area (Å²) >= 11 is 0. The maximum atomic E-state index is 11.4. The van der Waals surface area contributed by atoms with E-state index in [1.807, 2.05) is 20.8 Å². The molecule has 0 aromatic heterocycles. The number of rotatable bonds is 8. The Balaban J connectivity index is 3.50. The highest BCUT2D eigenvalue weighted by Gasteiger charge is 2.15. The Kier molecular flexibility index (Phi) is 8.39. The van der Waals surface area contributed by atoms with Gasteiger partial charge in [-0.1, -0.05) is 13.8 Å². The fourth-order valence-corrected chi connectivity index (χ4v) is 1.32. The number of carbonyl (C=O) groups is 2. The van der Waals surface area contributed by atoms with Gasteiger partial charge in [0.05, 0.1) is 6.42 Å². The Morgan fingerprint density at radius 3 is 2.21 bits per heavy atom. The van der Waals surface area contributed by atoms with Crippen molar-refractivity contribution in [3.63, 3.8) is 0 Å². The first-order valence-electron chi connectivity index (χ1n) is 6.90. The van der Waals surface area contributed by atoms with Crippen molar-refractivity contribution in [1.29, 1.82) is 0 Å². The molecule has 0 rings (SSSR count). The van der Waals surface area contributed by atoms with Crippen molar-refractivity contribution in [2.45, 2.75) is 53.1 Å². The number of hydrogen-bond acceptors (Lipinski definition) is 4. The van der Waals surface area contributed by atoms with Crippen molar-refractivity contribution in [2.75, 3.05) is 19.6 Å². The molecule has 0 aliphatic carbocycles. The lowest BCUT2D eigenvalue weighted by molar-refractivity contribution is -0.154. The molecule has 0 heterocycles. The summed E-state index contributed by atoms with van der Waals surface area (Å²) in [7, 11) is 0. The van der Waals surface area contributed by atoms with Gasteiger partial charge in [-0.2, -0.15) is 0 Å². The molecule has 112 valence electrons. The normalized spacial score (nSPS) is 11.5. The standard InChI is InChI=1S/C14H28N2O3/c1-11(2)10-16-12(17)6-8-15-9-7-13(18)19-14(3,4)5/h11,15H,6-10H2,1-5H3,(H,16,17). The van der Waals surface area contributed by atoms with Gasteiger partial charge in [0.15, 0.2) is 0 Å². The van der Waals surface area contributed by atoms with Gasteiger partial charge in [0.1, 0.15) is 5.60 Å². The monoisotopic (exact) mass is 272 g/mol. The predicted octanol–water partition coefficient (Wildman–Crippen LogP) is 1.47. The molecule has 0 fully saturated rings. The van der Waals surface area contributed by atoms with Gasteiger partial charge >= 0.3 is 5.97 Å². The van der Waals surface area contributed by atoms with Gasteiger partial charge in [0, 0.05) is 26.1 Å². The molecule has 0 saturated heterocycles. The zero-order valence-corrected chi connectivity index (χ0v) is 12.8. The summed E-state index contributed by atoms with van der Waals surface area (Å²) in [6, 6.07) is 0. The van der Waals surface area contributed by atoms with Crippen LogP contribution in [0.4, 0.5) is 0 Å². The summed E-state index contributed by atoms with van der Waals surface area (Å²) in [5.74, 6) is 0.284. The van der Waals surface area contributed by atoms with E-state index in [1.54, 1.807) is 0 Å². The average Bonchev–Trinajstić information content (AvgIpc) is 2.23. The first-order chi connectivity index (χ1) is 8.70. The van der Waals surface area contributed by atoms with Gasteiger partial charge in [-0.3, -0.25) is 9.59 Å². The van der Waals surface area contributed by atoms with Crippen molar-refractivity contribution in [2.24, 2.45) is 5.92 Å². The summed E-state index contributed by atoms with van der Waals surface area (Å²) in [6.07, 6.45) is 0.756. The molecule has 1 amide bonds. The Morgan fingerprint density at radius 2 is 1.68 bits per heavy atom. The highest BCUT2D eigenvalue weighted by Crippen LogP contribution is 2.07. The minimum absolute atomic E-state index is 0.0402. The minimum Gasteiger partial charge on any atom is -0.460 e. The smallest absolute Gasteiger partial charge is 0.307 e. The number of esters is 1. The topological polar surface area (TPSA) is 67.4 Å². The third kappa shape index (κ3) is 13.1. The molecule has 0 aliphatic heterocycles. The third-order valence-corrected chi connectivity index (χ3v) is 2.16. The summed E-state index contributed by atoms with van der Waals surface area (Å²) in [4.78, 5) is 22.8. The average molecular weight is 272 g/mol. The number of amides is 1. The van der Waals surface area contributed by atoms with Crippen LogP contribution in [0.1, 0.15) is 47.5 Å². The molecule has 0 aromatic carbocycles. The summed E-state index contributed by atoms with van der Waals surface area (Å²) in [5.41, 5.74) is -0.437. The summed E-state index contributed by atoms with van der Waals surface area (Å²) < 4.78 is 5.17. The largest absolute Gasteiger partial charge is 0.460 e. The molecule has 0 atom stereocenters. The van der Waals surface area contributed by atoms with Crippen molar-refractivity contribution in [3.8, 4) is 0 Å². The Labute approximate surface area is 116 Å². The molecule has 0 spiro atoms. The van der Waals surface area contributed by atoms with E-state index in [1.165, 1.54) is 0 Å². The van der Waals surface area contributed by atoms with Gasteiger partial charge in [-0.05, 0) is 26.7 Å². The van der Waals surface area contributed by atoms with Crippen LogP contribution in [-0.2, 0) is 14.3 Å². The molecule has 0 unspecified atom stereocenters. The van der Waals surface area contributed by atoms with Crippen molar-refractivity contribution in [1.82, 2.24) is 10.6 Å². The van der Waals surface area contributed by atoms with Crippen LogP contribution in [0.3, 0.4) is 0 Å². The van der Waals surface area contributed by atoms with Gasteiger partial charge < -0.3 is 15.4 Å². The number of nitrogens with one attached hydrogen (secondary N) is 2.